The maximum absolute atomic E-state index is 11.2. The van der Waals surface area contributed by atoms with Crippen LogP contribution in [0.3, 0.4) is 0 Å². The maximum atomic E-state index is 11.2. The minimum Gasteiger partial charge on any atom is -0.544 e. The average Bonchev–Trinajstić information content (AvgIpc) is 3.10. The Hall–Kier alpha value is -2.40. The van der Waals surface area contributed by atoms with Crippen molar-refractivity contribution in [1.82, 2.24) is 0 Å². The van der Waals surface area contributed by atoms with Gasteiger partial charge in [-0.1, -0.05) is 93.6 Å². The molecule has 1 aliphatic rings. The molecule has 0 spiro atoms. The van der Waals surface area contributed by atoms with Gasteiger partial charge in [-0.25, -0.2) is 0 Å². The smallest absolute Gasteiger partial charge is 0.250 e. The highest BCUT2D eigenvalue weighted by Crippen LogP contribution is 2.38. The van der Waals surface area contributed by atoms with Crippen molar-refractivity contribution in [2.75, 3.05) is 6.54 Å². The van der Waals surface area contributed by atoms with Gasteiger partial charge < -0.3 is 14.0 Å². The Kier molecular flexibility index (Phi) is 7.56. The van der Waals surface area contributed by atoms with Crippen LogP contribution in [0.4, 0.5) is 0 Å². The monoisotopic (exact) mass is 488 g/mol. The number of benzene rings is 3. The quantitative estimate of drug-likeness (QED) is 0.274. The third-order valence-electron chi connectivity index (χ3n) is 8.25. The highest BCUT2D eigenvalue weighted by molar-refractivity contribution is 6.74. The summed E-state index contributed by atoms with van der Waals surface area (Å²) in [5.41, 5.74) is 3.93. The fraction of sp³-hybridized carbons (Fsp3) is 0.419. The number of hydrogen-bond donors (Lipinski definition) is 1. The lowest BCUT2D eigenvalue weighted by molar-refractivity contribution is -0.965. The Morgan fingerprint density at radius 3 is 1.80 bits per heavy atom. The van der Waals surface area contributed by atoms with Gasteiger partial charge in [0, 0.05) is 24.0 Å². The summed E-state index contributed by atoms with van der Waals surface area (Å²) in [5.74, 6) is 0.960. The fourth-order valence-electron chi connectivity index (χ4n) is 5.17. The summed E-state index contributed by atoms with van der Waals surface area (Å²) in [6.07, 6.45) is 1.41. The number of rotatable bonds is 8. The summed E-state index contributed by atoms with van der Waals surface area (Å²) < 4.78 is 7.38. The first-order valence-corrected chi connectivity index (χ1v) is 15.9. The Balaban J connectivity index is 1.58. The Bertz CT molecular complexity index is 1030. The van der Waals surface area contributed by atoms with Gasteiger partial charge in [-0.3, -0.25) is 0 Å². The molecule has 186 valence electrons. The van der Waals surface area contributed by atoms with E-state index in [9.17, 15) is 5.11 Å². The normalized spacial score (nSPS) is 20.1. The minimum absolute atomic E-state index is 0.155. The minimum atomic E-state index is -1.86. The SMILES string of the molecule is CC(C)(C)[Si](C)(C)Oc1ccc(C[C@@H]2[C@H](O)CC[N+]2(Cc2ccccc2)Cc2ccccc2)cc1. The summed E-state index contributed by atoms with van der Waals surface area (Å²) in [6.45, 7) is 14.2. The van der Waals surface area contributed by atoms with E-state index in [-0.39, 0.29) is 17.2 Å². The molecular formula is C31H42NO2Si+. The zero-order valence-corrected chi connectivity index (χ0v) is 23.1. The lowest BCUT2D eigenvalue weighted by Gasteiger charge is -2.41. The second-order valence-electron chi connectivity index (χ2n) is 11.9. The van der Waals surface area contributed by atoms with Gasteiger partial charge in [0.25, 0.3) is 0 Å². The Morgan fingerprint density at radius 2 is 1.31 bits per heavy atom. The van der Waals surface area contributed by atoms with E-state index < -0.39 is 8.32 Å². The topological polar surface area (TPSA) is 29.5 Å². The molecule has 0 aromatic heterocycles. The van der Waals surface area contributed by atoms with Gasteiger partial charge in [-0.15, -0.1) is 0 Å². The first-order chi connectivity index (χ1) is 16.6. The van der Waals surface area contributed by atoms with Crippen LogP contribution in [0.25, 0.3) is 0 Å². The molecular weight excluding hydrogens is 446 g/mol. The number of quaternary nitrogens is 1. The predicted molar refractivity (Wildman–Crippen MR) is 148 cm³/mol. The molecule has 0 amide bonds. The molecule has 35 heavy (non-hydrogen) atoms. The molecule has 1 aliphatic heterocycles. The molecule has 3 aromatic rings. The Labute approximate surface area is 213 Å². The van der Waals surface area contributed by atoms with E-state index in [4.69, 9.17) is 4.43 Å². The van der Waals surface area contributed by atoms with Gasteiger partial charge in [0.2, 0.25) is 8.32 Å². The van der Waals surface area contributed by atoms with Crippen LogP contribution in [-0.2, 0) is 19.5 Å². The molecule has 1 N–H and O–H groups in total. The zero-order chi connectivity index (χ0) is 25.1. The van der Waals surface area contributed by atoms with E-state index in [1.54, 1.807) is 0 Å². The van der Waals surface area contributed by atoms with Crippen molar-refractivity contribution < 1.29 is 14.0 Å². The number of hydrogen-bond acceptors (Lipinski definition) is 2. The van der Waals surface area contributed by atoms with E-state index in [1.165, 1.54) is 16.7 Å². The Morgan fingerprint density at radius 1 is 0.800 bits per heavy atom. The molecule has 0 radical (unpaired) electrons. The van der Waals surface area contributed by atoms with Crippen molar-refractivity contribution in [2.24, 2.45) is 0 Å². The van der Waals surface area contributed by atoms with E-state index in [0.717, 1.165) is 42.7 Å². The van der Waals surface area contributed by atoms with Gasteiger partial charge in [0.15, 0.2) is 0 Å². The molecule has 1 saturated heterocycles. The van der Waals surface area contributed by atoms with Gasteiger partial charge >= 0.3 is 0 Å². The fourth-order valence-corrected chi connectivity index (χ4v) is 6.20. The second-order valence-corrected chi connectivity index (χ2v) is 16.6. The van der Waals surface area contributed by atoms with Gasteiger partial charge in [-0.2, -0.15) is 0 Å². The summed E-state index contributed by atoms with van der Waals surface area (Å²) in [5, 5.41) is 11.4. The molecule has 3 nitrogen and oxygen atoms in total. The highest BCUT2D eigenvalue weighted by atomic mass is 28.4. The third kappa shape index (κ3) is 6.06. The number of aliphatic hydroxyl groups is 1. The summed E-state index contributed by atoms with van der Waals surface area (Å²) in [4.78, 5) is 0. The van der Waals surface area contributed by atoms with Gasteiger partial charge in [0.1, 0.15) is 31.0 Å². The molecule has 0 bridgehead atoms. The van der Waals surface area contributed by atoms with Crippen LogP contribution in [0.2, 0.25) is 18.1 Å². The number of likely N-dealkylation sites (tertiary alicyclic amines) is 1. The summed E-state index contributed by atoms with van der Waals surface area (Å²) >= 11 is 0. The lowest BCUT2D eigenvalue weighted by Crippen LogP contribution is -2.53. The standard InChI is InChI=1S/C31H42NO2Si/c1-31(2,3)35(4,5)34-28-18-16-25(17-19-28)22-29-30(33)20-21-32(29,23-26-12-8-6-9-13-26)24-27-14-10-7-11-15-27/h6-19,29-30,33H,20-24H2,1-5H3/q+1/t29-,30-/m1/s1. The molecule has 1 fully saturated rings. The van der Waals surface area contributed by atoms with Crippen molar-refractivity contribution in [3.63, 3.8) is 0 Å². The predicted octanol–water partition coefficient (Wildman–Crippen LogP) is 6.96. The molecule has 0 aliphatic carbocycles. The molecule has 4 heteroatoms. The van der Waals surface area contributed by atoms with Crippen molar-refractivity contribution in [1.29, 1.82) is 0 Å². The summed E-state index contributed by atoms with van der Waals surface area (Å²) in [7, 11) is -1.86. The van der Waals surface area contributed by atoms with Crippen LogP contribution in [0, 0.1) is 0 Å². The van der Waals surface area contributed by atoms with Crippen molar-refractivity contribution in [2.45, 2.75) is 77.0 Å². The molecule has 0 saturated carbocycles. The second kappa shape index (κ2) is 10.3. The van der Waals surface area contributed by atoms with Gasteiger partial charge in [-0.05, 0) is 35.8 Å². The molecule has 1 heterocycles. The van der Waals surface area contributed by atoms with E-state index in [0.29, 0.717) is 0 Å². The molecule has 2 atom stereocenters. The lowest BCUT2D eigenvalue weighted by atomic mass is 9.98. The molecule has 0 unspecified atom stereocenters. The largest absolute Gasteiger partial charge is 0.544 e. The number of aliphatic hydroxyl groups excluding tert-OH is 1. The zero-order valence-electron chi connectivity index (χ0n) is 22.1. The van der Waals surface area contributed by atoms with Crippen LogP contribution < -0.4 is 4.43 Å². The van der Waals surface area contributed by atoms with Crippen LogP contribution in [0.5, 0.6) is 5.75 Å². The van der Waals surface area contributed by atoms with E-state index in [1.807, 2.05) is 0 Å². The molecule has 4 rings (SSSR count). The van der Waals surface area contributed by atoms with Crippen LogP contribution in [-0.4, -0.2) is 36.6 Å². The van der Waals surface area contributed by atoms with Crippen LogP contribution in [0.1, 0.15) is 43.9 Å². The highest BCUT2D eigenvalue weighted by Gasteiger charge is 2.47. The molecule has 3 aromatic carbocycles. The van der Waals surface area contributed by atoms with Crippen LogP contribution >= 0.6 is 0 Å². The average molecular weight is 489 g/mol. The first kappa shape index (κ1) is 25.7. The number of nitrogens with zero attached hydrogens (tertiary/aromatic N) is 1. The van der Waals surface area contributed by atoms with Crippen LogP contribution in [0.15, 0.2) is 84.9 Å². The van der Waals surface area contributed by atoms with Crippen molar-refractivity contribution >= 4 is 8.32 Å². The third-order valence-corrected chi connectivity index (χ3v) is 12.6. The summed E-state index contributed by atoms with van der Waals surface area (Å²) in [6, 6.07) is 30.3. The van der Waals surface area contributed by atoms with Crippen molar-refractivity contribution in [3.05, 3.63) is 102 Å². The van der Waals surface area contributed by atoms with E-state index >= 15 is 0 Å². The van der Waals surface area contributed by atoms with Crippen molar-refractivity contribution in [3.8, 4) is 5.75 Å². The maximum Gasteiger partial charge on any atom is 0.250 e. The van der Waals surface area contributed by atoms with Gasteiger partial charge in [0.05, 0.1) is 6.54 Å². The first-order valence-electron chi connectivity index (χ1n) is 13.0. The van der Waals surface area contributed by atoms with E-state index in [2.05, 4.69) is 119 Å².